The molecule has 0 radical (unpaired) electrons. The van der Waals surface area contributed by atoms with Gasteiger partial charge in [0.1, 0.15) is 0 Å². The molecule has 0 saturated carbocycles. The van der Waals surface area contributed by atoms with Crippen molar-refractivity contribution in [2.75, 3.05) is 13.1 Å². The lowest BCUT2D eigenvalue weighted by Gasteiger charge is -2.25. The SMILES string of the molecule is CC(C)C(C)CNC(=O)C(CN)CC(C)(C)C. The summed E-state index contributed by atoms with van der Waals surface area (Å²) in [5, 5.41) is 3.02. The van der Waals surface area contributed by atoms with Gasteiger partial charge in [0, 0.05) is 13.1 Å². The molecule has 0 aliphatic rings. The van der Waals surface area contributed by atoms with Gasteiger partial charge in [-0.2, -0.15) is 0 Å². The summed E-state index contributed by atoms with van der Waals surface area (Å²) in [4.78, 5) is 12.0. The first-order valence-corrected chi connectivity index (χ1v) is 6.65. The van der Waals surface area contributed by atoms with Crippen LogP contribution in [0.25, 0.3) is 0 Å². The molecule has 2 atom stereocenters. The quantitative estimate of drug-likeness (QED) is 0.751. The highest BCUT2D eigenvalue weighted by Crippen LogP contribution is 2.24. The van der Waals surface area contributed by atoms with E-state index in [4.69, 9.17) is 5.73 Å². The normalized spacial score (nSPS) is 15.8. The Morgan fingerprint density at radius 3 is 2.12 bits per heavy atom. The molecule has 1 amide bonds. The van der Waals surface area contributed by atoms with Gasteiger partial charge in [0.05, 0.1) is 5.92 Å². The summed E-state index contributed by atoms with van der Waals surface area (Å²) in [7, 11) is 0. The van der Waals surface area contributed by atoms with Gasteiger partial charge in [-0.1, -0.05) is 41.5 Å². The molecular weight excluding hydrogens is 212 g/mol. The number of carbonyl (C=O) groups is 1. The van der Waals surface area contributed by atoms with Crippen LogP contribution in [0.3, 0.4) is 0 Å². The van der Waals surface area contributed by atoms with Crippen molar-refractivity contribution in [1.29, 1.82) is 0 Å². The second kappa shape index (κ2) is 7.00. The Labute approximate surface area is 107 Å². The summed E-state index contributed by atoms with van der Waals surface area (Å²) in [6.07, 6.45) is 0.839. The lowest BCUT2D eigenvalue weighted by atomic mass is 9.84. The minimum absolute atomic E-state index is 0.0608. The number of carbonyl (C=O) groups excluding carboxylic acids is 1. The standard InChI is InChI=1S/C14H30N2O/c1-10(2)11(3)9-16-13(17)12(8-15)7-14(4,5)6/h10-12H,7-9,15H2,1-6H3,(H,16,17). The molecule has 0 aromatic heterocycles. The second-order valence-electron chi connectivity index (χ2n) is 6.66. The number of hydrogen-bond donors (Lipinski definition) is 2. The van der Waals surface area contributed by atoms with Crippen LogP contribution in [0.4, 0.5) is 0 Å². The molecule has 0 bridgehead atoms. The number of rotatable bonds is 6. The topological polar surface area (TPSA) is 55.1 Å². The van der Waals surface area contributed by atoms with Crippen molar-refractivity contribution in [3.8, 4) is 0 Å². The van der Waals surface area contributed by atoms with E-state index in [0.29, 0.717) is 18.4 Å². The van der Waals surface area contributed by atoms with Crippen molar-refractivity contribution < 1.29 is 4.79 Å². The molecule has 2 unspecified atom stereocenters. The Hall–Kier alpha value is -0.570. The highest BCUT2D eigenvalue weighted by Gasteiger charge is 2.23. The van der Waals surface area contributed by atoms with Crippen LogP contribution in [0.1, 0.15) is 48.0 Å². The van der Waals surface area contributed by atoms with Gasteiger partial charge in [-0.3, -0.25) is 4.79 Å². The fourth-order valence-electron chi connectivity index (χ4n) is 1.66. The Kier molecular flexibility index (Phi) is 6.76. The Morgan fingerprint density at radius 1 is 1.24 bits per heavy atom. The van der Waals surface area contributed by atoms with E-state index in [-0.39, 0.29) is 17.2 Å². The maximum Gasteiger partial charge on any atom is 0.224 e. The molecule has 0 spiro atoms. The van der Waals surface area contributed by atoms with Gasteiger partial charge in [0.2, 0.25) is 5.91 Å². The first kappa shape index (κ1) is 16.4. The summed E-state index contributed by atoms with van der Waals surface area (Å²) in [6.45, 7) is 14.1. The van der Waals surface area contributed by atoms with E-state index < -0.39 is 0 Å². The molecule has 0 rings (SSSR count). The summed E-state index contributed by atoms with van der Waals surface area (Å²) < 4.78 is 0. The molecular formula is C14H30N2O. The molecule has 0 heterocycles. The van der Waals surface area contributed by atoms with Gasteiger partial charge >= 0.3 is 0 Å². The van der Waals surface area contributed by atoms with Crippen molar-refractivity contribution >= 4 is 5.91 Å². The van der Waals surface area contributed by atoms with Crippen molar-refractivity contribution in [3.05, 3.63) is 0 Å². The van der Waals surface area contributed by atoms with E-state index in [1.165, 1.54) is 0 Å². The van der Waals surface area contributed by atoms with E-state index in [1.54, 1.807) is 0 Å². The summed E-state index contributed by atoms with van der Waals surface area (Å²) >= 11 is 0. The highest BCUT2D eigenvalue weighted by molar-refractivity contribution is 5.78. The summed E-state index contributed by atoms with van der Waals surface area (Å²) in [5.74, 6) is 1.14. The molecule has 0 aromatic carbocycles. The van der Waals surface area contributed by atoms with Crippen LogP contribution in [0, 0.1) is 23.2 Å². The van der Waals surface area contributed by atoms with E-state index >= 15 is 0 Å². The number of nitrogens with two attached hydrogens (primary N) is 1. The number of nitrogens with one attached hydrogen (secondary N) is 1. The zero-order valence-corrected chi connectivity index (χ0v) is 12.3. The minimum atomic E-state index is -0.0608. The molecule has 102 valence electrons. The molecule has 3 heteroatoms. The number of amides is 1. The van der Waals surface area contributed by atoms with Crippen molar-refractivity contribution in [2.24, 2.45) is 28.9 Å². The smallest absolute Gasteiger partial charge is 0.224 e. The molecule has 3 nitrogen and oxygen atoms in total. The van der Waals surface area contributed by atoms with Crippen LogP contribution >= 0.6 is 0 Å². The van der Waals surface area contributed by atoms with Gasteiger partial charge in [0.15, 0.2) is 0 Å². The first-order chi connectivity index (χ1) is 7.67. The second-order valence-corrected chi connectivity index (χ2v) is 6.66. The molecule has 0 aromatic rings. The molecule has 0 aliphatic heterocycles. The van der Waals surface area contributed by atoms with Gasteiger partial charge < -0.3 is 11.1 Å². The van der Waals surface area contributed by atoms with Gasteiger partial charge in [0.25, 0.3) is 0 Å². The van der Waals surface area contributed by atoms with Crippen LogP contribution in [0.15, 0.2) is 0 Å². The third-order valence-electron chi connectivity index (χ3n) is 3.25. The van der Waals surface area contributed by atoms with Crippen molar-refractivity contribution in [3.63, 3.8) is 0 Å². The van der Waals surface area contributed by atoms with Crippen LogP contribution in [0.5, 0.6) is 0 Å². The number of hydrogen-bond acceptors (Lipinski definition) is 2. The molecule has 0 saturated heterocycles. The average Bonchev–Trinajstić information content (AvgIpc) is 2.20. The van der Waals surface area contributed by atoms with Crippen LogP contribution in [-0.2, 0) is 4.79 Å². The van der Waals surface area contributed by atoms with Crippen LogP contribution in [-0.4, -0.2) is 19.0 Å². The lowest BCUT2D eigenvalue weighted by Crippen LogP contribution is -2.39. The third kappa shape index (κ3) is 7.37. The molecule has 3 N–H and O–H groups in total. The predicted octanol–water partition coefficient (Wildman–Crippen LogP) is 2.41. The average molecular weight is 242 g/mol. The van der Waals surface area contributed by atoms with E-state index in [0.717, 1.165) is 13.0 Å². The molecule has 0 aliphatic carbocycles. The Bertz CT molecular complexity index is 231. The Balaban J connectivity index is 4.18. The summed E-state index contributed by atoms with van der Waals surface area (Å²) in [6, 6.07) is 0. The zero-order chi connectivity index (χ0) is 13.6. The first-order valence-electron chi connectivity index (χ1n) is 6.65. The van der Waals surface area contributed by atoms with E-state index in [1.807, 2.05) is 0 Å². The van der Waals surface area contributed by atoms with Gasteiger partial charge in [-0.05, 0) is 23.7 Å². The van der Waals surface area contributed by atoms with Crippen LogP contribution in [0.2, 0.25) is 0 Å². The van der Waals surface area contributed by atoms with Crippen LogP contribution < -0.4 is 11.1 Å². The molecule has 17 heavy (non-hydrogen) atoms. The summed E-state index contributed by atoms with van der Waals surface area (Å²) in [5.41, 5.74) is 5.83. The fourth-order valence-corrected chi connectivity index (χ4v) is 1.66. The van der Waals surface area contributed by atoms with E-state index in [9.17, 15) is 4.79 Å². The van der Waals surface area contributed by atoms with E-state index in [2.05, 4.69) is 46.9 Å². The largest absolute Gasteiger partial charge is 0.356 e. The monoisotopic (exact) mass is 242 g/mol. The highest BCUT2D eigenvalue weighted by atomic mass is 16.1. The van der Waals surface area contributed by atoms with Gasteiger partial charge in [-0.15, -0.1) is 0 Å². The van der Waals surface area contributed by atoms with Crippen molar-refractivity contribution in [2.45, 2.75) is 48.0 Å². The third-order valence-corrected chi connectivity index (χ3v) is 3.25. The maximum atomic E-state index is 12.0. The fraction of sp³-hybridized carbons (Fsp3) is 0.929. The minimum Gasteiger partial charge on any atom is -0.356 e. The Morgan fingerprint density at radius 2 is 1.76 bits per heavy atom. The predicted molar refractivity (Wildman–Crippen MR) is 73.6 cm³/mol. The lowest BCUT2D eigenvalue weighted by molar-refractivity contribution is -0.125. The van der Waals surface area contributed by atoms with Gasteiger partial charge in [-0.25, -0.2) is 0 Å². The zero-order valence-electron chi connectivity index (χ0n) is 12.3. The molecule has 0 fully saturated rings. The van der Waals surface area contributed by atoms with Crippen molar-refractivity contribution in [1.82, 2.24) is 5.32 Å². The maximum absolute atomic E-state index is 12.0.